The Morgan fingerprint density at radius 2 is 2.00 bits per heavy atom. The van der Waals surface area contributed by atoms with Crippen molar-refractivity contribution in [2.24, 2.45) is 5.14 Å². The third-order valence-electron chi connectivity index (χ3n) is 3.68. The zero-order valence-corrected chi connectivity index (χ0v) is 14.6. The van der Waals surface area contributed by atoms with Gasteiger partial charge in [0.2, 0.25) is 10.0 Å². The predicted molar refractivity (Wildman–Crippen MR) is 96.3 cm³/mol. The van der Waals surface area contributed by atoms with Gasteiger partial charge in [-0.2, -0.15) is 5.10 Å². The fourth-order valence-corrected chi connectivity index (χ4v) is 2.96. The number of aromatic amines is 1. The number of carbonyl (C=O) groups excluding carboxylic acids is 1. The van der Waals surface area contributed by atoms with E-state index in [2.05, 4.69) is 15.5 Å². The number of nitrogens with two attached hydrogens (primary N) is 1. The van der Waals surface area contributed by atoms with E-state index in [0.717, 1.165) is 11.3 Å². The van der Waals surface area contributed by atoms with Crippen molar-refractivity contribution in [1.29, 1.82) is 0 Å². The largest absolute Gasteiger partial charge is 0.496 e. The minimum atomic E-state index is -3.94. The highest BCUT2D eigenvalue weighted by Gasteiger charge is 2.17. The van der Waals surface area contributed by atoms with Gasteiger partial charge in [0, 0.05) is 17.4 Å². The van der Waals surface area contributed by atoms with Crippen LogP contribution >= 0.6 is 0 Å². The standard InChI is InChI=1S/C17H16N4O4S/c1-25-16-6-5-13(26(18,23)24)10-14(16)17(22)20-12-4-2-3-11(9-12)15-7-8-19-21-15/h2-10H,1H3,(H,19,21)(H,20,22)(H2,18,23,24). The highest BCUT2D eigenvalue weighted by Crippen LogP contribution is 2.25. The maximum absolute atomic E-state index is 12.6. The molecule has 8 nitrogen and oxygen atoms in total. The van der Waals surface area contributed by atoms with E-state index in [1.165, 1.54) is 25.3 Å². The summed E-state index contributed by atoms with van der Waals surface area (Å²) >= 11 is 0. The van der Waals surface area contributed by atoms with Gasteiger partial charge in [-0.05, 0) is 36.4 Å². The number of hydrogen-bond acceptors (Lipinski definition) is 5. The van der Waals surface area contributed by atoms with Gasteiger partial charge in [0.05, 0.1) is 23.3 Å². The van der Waals surface area contributed by atoms with E-state index in [1.807, 2.05) is 6.07 Å². The summed E-state index contributed by atoms with van der Waals surface area (Å²) in [5, 5.41) is 14.6. The van der Waals surface area contributed by atoms with Crippen LogP contribution in [0.4, 0.5) is 5.69 Å². The SMILES string of the molecule is COc1ccc(S(N)(=O)=O)cc1C(=O)Nc1cccc(-c2ccn[nH]2)c1. The minimum Gasteiger partial charge on any atom is -0.496 e. The van der Waals surface area contributed by atoms with E-state index >= 15 is 0 Å². The van der Waals surface area contributed by atoms with E-state index in [-0.39, 0.29) is 16.2 Å². The van der Waals surface area contributed by atoms with Gasteiger partial charge in [-0.3, -0.25) is 9.89 Å². The lowest BCUT2D eigenvalue weighted by Gasteiger charge is -2.11. The number of benzene rings is 2. The molecule has 0 saturated heterocycles. The van der Waals surface area contributed by atoms with Crippen LogP contribution in [0.3, 0.4) is 0 Å². The number of anilines is 1. The van der Waals surface area contributed by atoms with Crippen LogP contribution in [0.15, 0.2) is 59.6 Å². The van der Waals surface area contributed by atoms with Crippen LogP contribution in [0.2, 0.25) is 0 Å². The average molecular weight is 372 g/mol. The first kappa shape index (κ1) is 17.6. The molecule has 1 aromatic heterocycles. The average Bonchev–Trinajstić information content (AvgIpc) is 3.15. The molecule has 0 fully saturated rings. The monoisotopic (exact) mass is 372 g/mol. The van der Waals surface area contributed by atoms with Gasteiger partial charge in [0.1, 0.15) is 5.75 Å². The Kier molecular flexibility index (Phi) is 4.74. The molecule has 9 heteroatoms. The number of sulfonamides is 1. The van der Waals surface area contributed by atoms with Crippen LogP contribution in [-0.4, -0.2) is 31.6 Å². The number of aromatic nitrogens is 2. The van der Waals surface area contributed by atoms with Gasteiger partial charge in [-0.25, -0.2) is 13.6 Å². The highest BCUT2D eigenvalue weighted by atomic mass is 32.2. The van der Waals surface area contributed by atoms with Crippen molar-refractivity contribution < 1.29 is 17.9 Å². The second-order valence-corrected chi connectivity index (χ2v) is 6.97. The Morgan fingerprint density at radius 1 is 1.19 bits per heavy atom. The number of hydrogen-bond donors (Lipinski definition) is 3. The first-order valence-electron chi connectivity index (χ1n) is 7.50. The number of carbonyl (C=O) groups is 1. The van der Waals surface area contributed by atoms with Gasteiger partial charge in [0.25, 0.3) is 5.91 Å². The molecule has 0 unspecified atom stereocenters. The Morgan fingerprint density at radius 3 is 2.65 bits per heavy atom. The number of methoxy groups -OCH3 is 1. The molecular weight excluding hydrogens is 356 g/mol. The summed E-state index contributed by atoms with van der Waals surface area (Å²) in [6.07, 6.45) is 1.63. The fourth-order valence-electron chi connectivity index (χ4n) is 2.42. The Hall–Kier alpha value is -3.17. The molecular formula is C17H16N4O4S. The van der Waals surface area contributed by atoms with Crippen LogP contribution in [0, 0.1) is 0 Å². The third kappa shape index (κ3) is 3.73. The number of nitrogens with zero attached hydrogens (tertiary/aromatic N) is 1. The van der Waals surface area contributed by atoms with Gasteiger partial charge in [0.15, 0.2) is 0 Å². The first-order valence-corrected chi connectivity index (χ1v) is 9.05. The van der Waals surface area contributed by atoms with Crippen molar-refractivity contribution in [2.75, 3.05) is 12.4 Å². The molecule has 2 aromatic carbocycles. The predicted octanol–water partition coefficient (Wildman–Crippen LogP) is 1.98. The van der Waals surface area contributed by atoms with Crippen LogP contribution < -0.4 is 15.2 Å². The van der Waals surface area contributed by atoms with Crippen molar-refractivity contribution in [3.8, 4) is 17.0 Å². The van der Waals surface area contributed by atoms with Crippen LogP contribution in [0.25, 0.3) is 11.3 Å². The van der Waals surface area contributed by atoms with Gasteiger partial charge in [-0.1, -0.05) is 12.1 Å². The molecule has 0 spiro atoms. The molecule has 3 aromatic rings. The molecule has 26 heavy (non-hydrogen) atoms. The number of primary sulfonamides is 1. The Balaban J connectivity index is 1.92. The fraction of sp³-hybridized carbons (Fsp3) is 0.0588. The Bertz CT molecular complexity index is 1050. The van der Waals surface area contributed by atoms with Crippen molar-refractivity contribution in [3.05, 3.63) is 60.3 Å². The molecule has 0 saturated carbocycles. The quantitative estimate of drug-likeness (QED) is 0.631. The van der Waals surface area contributed by atoms with Crippen molar-refractivity contribution in [3.63, 3.8) is 0 Å². The summed E-state index contributed by atoms with van der Waals surface area (Å²) in [4.78, 5) is 12.5. The summed E-state index contributed by atoms with van der Waals surface area (Å²) in [5.74, 6) is -0.284. The van der Waals surface area contributed by atoms with Gasteiger partial charge < -0.3 is 10.1 Å². The smallest absolute Gasteiger partial charge is 0.259 e. The number of amides is 1. The number of ether oxygens (including phenoxy) is 1. The van der Waals surface area contributed by atoms with Crippen molar-refractivity contribution in [2.45, 2.75) is 4.90 Å². The molecule has 0 aliphatic heterocycles. The summed E-state index contributed by atoms with van der Waals surface area (Å²) in [6.45, 7) is 0. The Labute approximate surface area is 150 Å². The van der Waals surface area contributed by atoms with Crippen molar-refractivity contribution >= 4 is 21.6 Å². The molecule has 4 N–H and O–H groups in total. The lowest BCUT2D eigenvalue weighted by Crippen LogP contribution is -2.16. The van der Waals surface area contributed by atoms with Gasteiger partial charge >= 0.3 is 0 Å². The zero-order chi connectivity index (χ0) is 18.7. The highest BCUT2D eigenvalue weighted by molar-refractivity contribution is 7.89. The first-order chi connectivity index (χ1) is 12.4. The molecule has 0 bridgehead atoms. The van der Waals surface area contributed by atoms with Crippen molar-refractivity contribution in [1.82, 2.24) is 10.2 Å². The normalized spacial score (nSPS) is 11.2. The van der Waals surface area contributed by atoms with E-state index in [9.17, 15) is 13.2 Å². The van der Waals surface area contributed by atoms with Crippen LogP contribution in [-0.2, 0) is 10.0 Å². The van der Waals surface area contributed by atoms with E-state index < -0.39 is 15.9 Å². The van der Waals surface area contributed by atoms with E-state index in [0.29, 0.717) is 5.69 Å². The minimum absolute atomic E-state index is 0.0611. The van der Waals surface area contributed by atoms with Crippen LogP contribution in [0.1, 0.15) is 10.4 Å². The summed E-state index contributed by atoms with van der Waals surface area (Å²) in [6, 6.07) is 12.8. The molecule has 0 radical (unpaired) electrons. The van der Waals surface area contributed by atoms with Gasteiger partial charge in [-0.15, -0.1) is 0 Å². The maximum Gasteiger partial charge on any atom is 0.259 e. The molecule has 0 aliphatic carbocycles. The molecule has 134 valence electrons. The van der Waals surface area contributed by atoms with E-state index in [4.69, 9.17) is 9.88 Å². The molecule has 1 heterocycles. The lowest BCUT2D eigenvalue weighted by atomic mass is 10.1. The second kappa shape index (κ2) is 6.98. The molecule has 3 rings (SSSR count). The summed E-state index contributed by atoms with van der Waals surface area (Å²) in [7, 11) is -2.55. The van der Waals surface area contributed by atoms with Crippen LogP contribution in [0.5, 0.6) is 5.75 Å². The zero-order valence-electron chi connectivity index (χ0n) is 13.8. The lowest BCUT2D eigenvalue weighted by molar-refractivity contribution is 0.102. The number of rotatable bonds is 5. The maximum atomic E-state index is 12.6. The summed E-state index contributed by atoms with van der Waals surface area (Å²) < 4.78 is 28.2. The topological polar surface area (TPSA) is 127 Å². The molecule has 0 aliphatic rings. The van der Waals surface area contributed by atoms with E-state index in [1.54, 1.807) is 30.5 Å². The molecule has 0 atom stereocenters. The summed E-state index contributed by atoms with van der Waals surface area (Å²) in [5.41, 5.74) is 2.23. The number of nitrogens with one attached hydrogen (secondary N) is 2. The molecule has 1 amide bonds. The number of H-pyrrole nitrogens is 1. The second-order valence-electron chi connectivity index (χ2n) is 5.41. The third-order valence-corrected chi connectivity index (χ3v) is 4.59.